The highest BCUT2D eigenvalue weighted by atomic mass is 16.5. The monoisotopic (exact) mass is 321 g/mol. The van der Waals surface area contributed by atoms with E-state index in [4.69, 9.17) is 14.6 Å². The van der Waals surface area contributed by atoms with Crippen molar-refractivity contribution < 1.29 is 24.2 Å². The van der Waals surface area contributed by atoms with Crippen LogP contribution < -0.4 is 9.47 Å². The Bertz CT molecular complexity index is 528. The van der Waals surface area contributed by atoms with E-state index in [2.05, 4.69) is 0 Å². The highest BCUT2D eigenvalue weighted by Gasteiger charge is 2.27. The number of aliphatic carboxylic acids is 1. The highest BCUT2D eigenvalue weighted by molar-refractivity contribution is 5.78. The molecule has 1 saturated heterocycles. The van der Waals surface area contributed by atoms with Gasteiger partial charge in [0.2, 0.25) is 5.91 Å². The highest BCUT2D eigenvalue weighted by Crippen LogP contribution is 2.19. The second-order valence-corrected chi connectivity index (χ2v) is 5.64. The Hall–Kier alpha value is -2.24. The van der Waals surface area contributed by atoms with E-state index < -0.39 is 11.9 Å². The van der Waals surface area contributed by atoms with Gasteiger partial charge >= 0.3 is 5.97 Å². The number of nitrogens with zero attached hydrogens (tertiary/aromatic N) is 1. The van der Waals surface area contributed by atoms with Gasteiger partial charge in [0.1, 0.15) is 11.5 Å². The quantitative estimate of drug-likeness (QED) is 0.779. The van der Waals surface area contributed by atoms with Crippen LogP contribution in [-0.2, 0) is 9.59 Å². The van der Waals surface area contributed by atoms with Crippen LogP contribution in [0.3, 0.4) is 0 Å². The largest absolute Gasteiger partial charge is 0.497 e. The van der Waals surface area contributed by atoms with Crippen molar-refractivity contribution in [2.24, 2.45) is 5.92 Å². The van der Waals surface area contributed by atoms with Crippen LogP contribution in [0.25, 0.3) is 0 Å². The Kier molecular flexibility index (Phi) is 6.26. The predicted molar refractivity (Wildman–Crippen MR) is 84.7 cm³/mol. The van der Waals surface area contributed by atoms with E-state index in [1.54, 1.807) is 12.0 Å². The summed E-state index contributed by atoms with van der Waals surface area (Å²) in [6, 6.07) is 7.28. The maximum Gasteiger partial charge on any atom is 0.308 e. The van der Waals surface area contributed by atoms with Crippen LogP contribution in [0.4, 0.5) is 0 Å². The predicted octanol–water partition coefficient (Wildman–Crippen LogP) is 2.18. The van der Waals surface area contributed by atoms with Crippen LogP contribution in [0.1, 0.15) is 25.7 Å². The summed E-state index contributed by atoms with van der Waals surface area (Å²) in [6.45, 7) is 1.43. The van der Waals surface area contributed by atoms with Crippen molar-refractivity contribution in [2.45, 2.75) is 25.7 Å². The van der Waals surface area contributed by atoms with Crippen molar-refractivity contribution in [3.8, 4) is 11.5 Å². The van der Waals surface area contributed by atoms with Gasteiger partial charge in [-0.05, 0) is 43.5 Å². The number of hydrogen-bond donors (Lipinski definition) is 1. The Morgan fingerprint density at radius 1 is 1.26 bits per heavy atom. The molecule has 0 bridgehead atoms. The smallest absolute Gasteiger partial charge is 0.308 e. The lowest BCUT2D eigenvalue weighted by molar-refractivity contribution is -0.145. The second-order valence-electron chi connectivity index (χ2n) is 5.64. The molecule has 1 atom stereocenters. The molecule has 0 aromatic heterocycles. The first-order valence-corrected chi connectivity index (χ1v) is 7.87. The number of piperidine rings is 1. The molecule has 0 radical (unpaired) electrons. The van der Waals surface area contributed by atoms with E-state index in [-0.39, 0.29) is 5.91 Å². The van der Waals surface area contributed by atoms with E-state index >= 15 is 0 Å². The lowest BCUT2D eigenvalue weighted by atomic mass is 9.98. The zero-order valence-corrected chi connectivity index (χ0v) is 13.4. The van der Waals surface area contributed by atoms with Gasteiger partial charge in [-0.25, -0.2) is 0 Å². The molecule has 0 unspecified atom stereocenters. The van der Waals surface area contributed by atoms with Crippen molar-refractivity contribution in [2.75, 3.05) is 26.8 Å². The third kappa shape index (κ3) is 5.16. The summed E-state index contributed by atoms with van der Waals surface area (Å²) in [5.41, 5.74) is 0. The lowest BCUT2D eigenvalue weighted by Crippen LogP contribution is -2.42. The summed E-state index contributed by atoms with van der Waals surface area (Å²) in [6.07, 6.45) is 2.40. The molecule has 1 aliphatic rings. The molecule has 0 saturated carbocycles. The van der Waals surface area contributed by atoms with Crippen molar-refractivity contribution in [1.29, 1.82) is 0 Å². The van der Waals surface area contributed by atoms with Crippen LogP contribution in [0.2, 0.25) is 0 Å². The van der Waals surface area contributed by atoms with Crippen LogP contribution in [-0.4, -0.2) is 48.7 Å². The molecule has 1 aromatic carbocycles. The molecule has 2 rings (SSSR count). The minimum atomic E-state index is -0.815. The van der Waals surface area contributed by atoms with Crippen LogP contribution in [0.15, 0.2) is 24.3 Å². The molecular formula is C17H23NO5. The van der Waals surface area contributed by atoms with Gasteiger partial charge in [-0.15, -0.1) is 0 Å². The fourth-order valence-corrected chi connectivity index (χ4v) is 2.65. The number of methoxy groups -OCH3 is 1. The fraction of sp³-hybridized carbons (Fsp3) is 0.529. The summed E-state index contributed by atoms with van der Waals surface area (Å²) in [4.78, 5) is 24.8. The number of benzene rings is 1. The van der Waals surface area contributed by atoms with Gasteiger partial charge in [0.05, 0.1) is 19.6 Å². The van der Waals surface area contributed by atoms with E-state index in [0.29, 0.717) is 39.0 Å². The Labute approximate surface area is 136 Å². The zero-order chi connectivity index (χ0) is 16.7. The summed E-state index contributed by atoms with van der Waals surface area (Å²) < 4.78 is 10.7. The molecule has 6 heteroatoms. The number of carbonyl (C=O) groups excluding carboxylic acids is 1. The number of ether oxygens (including phenoxy) is 2. The number of rotatable bonds is 7. The number of likely N-dealkylation sites (tertiary alicyclic amines) is 1. The average molecular weight is 321 g/mol. The molecule has 1 aromatic rings. The van der Waals surface area contributed by atoms with Gasteiger partial charge in [0, 0.05) is 19.5 Å². The third-order valence-corrected chi connectivity index (χ3v) is 3.99. The standard InChI is InChI=1S/C17H23NO5/c1-22-14-6-8-15(9-7-14)23-11-3-5-16(19)18-10-2-4-13(12-18)17(20)21/h6-9,13H,2-5,10-12H2,1H3,(H,20,21)/t13-/m1/s1. The summed E-state index contributed by atoms with van der Waals surface area (Å²) >= 11 is 0. The molecule has 1 heterocycles. The summed E-state index contributed by atoms with van der Waals surface area (Å²) in [5.74, 6) is 0.274. The average Bonchev–Trinajstić information content (AvgIpc) is 2.59. The number of hydrogen-bond acceptors (Lipinski definition) is 4. The molecule has 23 heavy (non-hydrogen) atoms. The van der Waals surface area contributed by atoms with Gasteiger partial charge in [-0.3, -0.25) is 9.59 Å². The van der Waals surface area contributed by atoms with Crippen molar-refractivity contribution >= 4 is 11.9 Å². The first-order valence-electron chi connectivity index (χ1n) is 7.87. The fourth-order valence-electron chi connectivity index (χ4n) is 2.65. The van der Waals surface area contributed by atoms with E-state index in [1.807, 2.05) is 24.3 Å². The van der Waals surface area contributed by atoms with Crippen molar-refractivity contribution in [1.82, 2.24) is 4.90 Å². The summed E-state index contributed by atoms with van der Waals surface area (Å²) in [5, 5.41) is 9.05. The molecule has 6 nitrogen and oxygen atoms in total. The first kappa shape index (κ1) is 17.1. The maximum absolute atomic E-state index is 12.1. The molecule has 1 amide bonds. The first-order chi connectivity index (χ1) is 11.1. The van der Waals surface area contributed by atoms with Crippen molar-refractivity contribution in [3.05, 3.63) is 24.3 Å². The number of amides is 1. The number of carboxylic acids is 1. The SMILES string of the molecule is COc1ccc(OCCCC(=O)N2CCC[C@@H](C(=O)O)C2)cc1. The lowest BCUT2D eigenvalue weighted by Gasteiger charge is -2.30. The zero-order valence-electron chi connectivity index (χ0n) is 13.4. The Morgan fingerprint density at radius 3 is 2.61 bits per heavy atom. The van der Waals surface area contributed by atoms with Gasteiger partial charge in [-0.2, -0.15) is 0 Å². The maximum atomic E-state index is 12.1. The minimum absolute atomic E-state index is 0.00859. The number of carbonyl (C=O) groups is 2. The van der Waals surface area contributed by atoms with Crippen LogP contribution in [0.5, 0.6) is 11.5 Å². The third-order valence-electron chi connectivity index (χ3n) is 3.99. The van der Waals surface area contributed by atoms with Gasteiger partial charge < -0.3 is 19.5 Å². The molecular weight excluding hydrogens is 298 g/mol. The molecule has 0 spiro atoms. The second kappa shape index (κ2) is 8.41. The van der Waals surface area contributed by atoms with Crippen LogP contribution in [0, 0.1) is 5.92 Å². The summed E-state index contributed by atoms with van der Waals surface area (Å²) in [7, 11) is 1.61. The Morgan fingerprint density at radius 2 is 1.96 bits per heavy atom. The van der Waals surface area contributed by atoms with Gasteiger partial charge in [-0.1, -0.05) is 0 Å². The molecule has 1 aliphatic heterocycles. The Balaban J connectivity index is 1.68. The van der Waals surface area contributed by atoms with Crippen LogP contribution >= 0.6 is 0 Å². The van der Waals surface area contributed by atoms with E-state index in [0.717, 1.165) is 17.9 Å². The topological polar surface area (TPSA) is 76.1 Å². The van der Waals surface area contributed by atoms with Gasteiger partial charge in [0.25, 0.3) is 0 Å². The van der Waals surface area contributed by atoms with E-state index in [9.17, 15) is 9.59 Å². The molecule has 1 N–H and O–H groups in total. The van der Waals surface area contributed by atoms with Crippen molar-refractivity contribution in [3.63, 3.8) is 0 Å². The van der Waals surface area contributed by atoms with Gasteiger partial charge in [0.15, 0.2) is 0 Å². The minimum Gasteiger partial charge on any atom is -0.497 e. The number of carboxylic acid groups (broad SMARTS) is 1. The normalized spacial score (nSPS) is 17.6. The molecule has 126 valence electrons. The molecule has 0 aliphatic carbocycles. The molecule has 1 fully saturated rings. The van der Waals surface area contributed by atoms with E-state index in [1.165, 1.54) is 0 Å².